The minimum Gasteiger partial charge on any atom is -0.462 e. The van der Waals surface area contributed by atoms with Gasteiger partial charge in [0.05, 0.1) is 18.3 Å². The maximum Gasteiger partial charge on any atom is 0.341 e. The molecule has 1 N–H and O–H groups in total. The predicted octanol–water partition coefficient (Wildman–Crippen LogP) is 3.11. The van der Waals surface area contributed by atoms with Gasteiger partial charge in [0.2, 0.25) is 5.91 Å². The van der Waals surface area contributed by atoms with Crippen molar-refractivity contribution in [3.8, 4) is 0 Å². The van der Waals surface area contributed by atoms with Gasteiger partial charge in [-0.2, -0.15) is 5.10 Å². The summed E-state index contributed by atoms with van der Waals surface area (Å²) in [4.78, 5) is 36.2. The first-order valence-corrected chi connectivity index (χ1v) is 8.61. The summed E-state index contributed by atoms with van der Waals surface area (Å²) in [7, 11) is 0. The highest BCUT2D eigenvalue weighted by Gasteiger charge is 2.15. The maximum atomic E-state index is 12.2. The zero-order valence-corrected chi connectivity index (χ0v) is 14.8. The molecule has 0 unspecified atom stereocenters. The summed E-state index contributed by atoms with van der Waals surface area (Å²) in [6.45, 7) is 1.99. The molecule has 138 valence electrons. The lowest BCUT2D eigenvalue weighted by atomic mass is 10.1. The van der Waals surface area contributed by atoms with Crippen molar-refractivity contribution in [2.75, 3.05) is 11.9 Å². The summed E-state index contributed by atoms with van der Waals surface area (Å²) < 4.78 is 6.53. The Morgan fingerprint density at radius 1 is 1.11 bits per heavy atom. The van der Waals surface area contributed by atoms with E-state index in [9.17, 15) is 14.4 Å². The van der Waals surface area contributed by atoms with Gasteiger partial charge in [0.25, 0.3) is 0 Å². The van der Waals surface area contributed by atoms with Crippen LogP contribution in [0.25, 0.3) is 5.52 Å². The lowest BCUT2D eigenvalue weighted by molar-refractivity contribution is -0.116. The number of nitrogens with zero attached hydrogens (tertiary/aromatic N) is 2. The number of benzene rings is 1. The first-order valence-electron chi connectivity index (χ1n) is 8.61. The summed E-state index contributed by atoms with van der Waals surface area (Å²) in [5, 5.41) is 6.84. The first kappa shape index (κ1) is 18.3. The van der Waals surface area contributed by atoms with E-state index in [1.165, 1.54) is 10.7 Å². The second-order valence-electron chi connectivity index (χ2n) is 5.86. The molecule has 0 aliphatic carbocycles. The van der Waals surface area contributed by atoms with Crippen LogP contribution in [0.5, 0.6) is 0 Å². The molecule has 3 rings (SSSR count). The van der Waals surface area contributed by atoms with Gasteiger partial charge in [0.15, 0.2) is 5.78 Å². The molecule has 3 aromatic rings. The van der Waals surface area contributed by atoms with Gasteiger partial charge in [-0.25, -0.2) is 9.31 Å². The molecule has 1 amide bonds. The molecule has 27 heavy (non-hydrogen) atoms. The summed E-state index contributed by atoms with van der Waals surface area (Å²) in [6, 6.07) is 12.2. The maximum absolute atomic E-state index is 12.2. The Balaban J connectivity index is 1.65. The molecule has 7 nitrogen and oxygen atoms in total. The number of carbonyl (C=O) groups excluding carboxylic acids is 3. The van der Waals surface area contributed by atoms with Crippen molar-refractivity contribution in [1.82, 2.24) is 9.61 Å². The lowest BCUT2D eigenvalue weighted by Crippen LogP contribution is -2.13. The molecular weight excluding hydrogens is 346 g/mol. The smallest absolute Gasteiger partial charge is 0.341 e. The number of fused-ring (bicyclic) bond motifs is 1. The number of esters is 1. The van der Waals surface area contributed by atoms with Crippen LogP contribution < -0.4 is 5.32 Å². The Kier molecular flexibility index (Phi) is 5.61. The molecule has 2 aromatic heterocycles. The number of ketones is 1. The Labute approximate surface area is 155 Å². The molecule has 0 aliphatic rings. The summed E-state index contributed by atoms with van der Waals surface area (Å²) in [5.41, 5.74) is 1.97. The predicted molar refractivity (Wildman–Crippen MR) is 99.8 cm³/mol. The normalized spacial score (nSPS) is 10.6. The number of anilines is 1. The Morgan fingerprint density at radius 3 is 2.63 bits per heavy atom. The standard InChI is InChI=1S/C20H19N3O4/c1-2-27-20(26)16-13-21-23-11-10-15(12-17(16)23)22-19(25)9-8-18(24)14-6-4-3-5-7-14/h3-7,10-13H,2,8-9H2,1H3,(H,22,25). The fourth-order valence-corrected chi connectivity index (χ4v) is 2.64. The topological polar surface area (TPSA) is 89.8 Å². The largest absolute Gasteiger partial charge is 0.462 e. The molecule has 0 radical (unpaired) electrons. The quantitative estimate of drug-likeness (QED) is 0.513. The monoisotopic (exact) mass is 365 g/mol. The zero-order chi connectivity index (χ0) is 19.2. The number of hydrogen-bond donors (Lipinski definition) is 1. The van der Waals surface area contributed by atoms with E-state index in [2.05, 4.69) is 10.4 Å². The van der Waals surface area contributed by atoms with Crippen LogP contribution in [0.4, 0.5) is 5.69 Å². The van der Waals surface area contributed by atoms with Crippen molar-refractivity contribution < 1.29 is 19.1 Å². The van der Waals surface area contributed by atoms with Gasteiger partial charge in [-0.1, -0.05) is 30.3 Å². The third-order valence-electron chi connectivity index (χ3n) is 3.98. The molecule has 0 fully saturated rings. The highest BCUT2D eigenvalue weighted by atomic mass is 16.5. The molecule has 0 spiro atoms. The Hall–Kier alpha value is -3.48. The van der Waals surface area contributed by atoms with Crippen LogP contribution in [-0.4, -0.2) is 33.9 Å². The van der Waals surface area contributed by atoms with E-state index in [0.29, 0.717) is 22.3 Å². The fourth-order valence-electron chi connectivity index (χ4n) is 2.64. The van der Waals surface area contributed by atoms with E-state index in [-0.39, 0.29) is 31.1 Å². The third-order valence-corrected chi connectivity index (χ3v) is 3.98. The van der Waals surface area contributed by atoms with E-state index in [1.807, 2.05) is 6.07 Å². The van der Waals surface area contributed by atoms with Crippen LogP contribution in [0.3, 0.4) is 0 Å². The molecule has 0 saturated carbocycles. The van der Waals surface area contributed by atoms with Crippen LogP contribution in [0.2, 0.25) is 0 Å². The van der Waals surface area contributed by atoms with E-state index in [4.69, 9.17) is 4.74 Å². The first-order chi connectivity index (χ1) is 13.1. The summed E-state index contributed by atoms with van der Waals surface area (Å²) >= 11 is 0. The van der Waals surface area contributed by atoms with Crippen LogP contribution in [0.15, 0.2) is 54.9 Å². The Bertz CT molecular complexity index is 979. The number of Topliss-reactive ketones (excluding diaryl/α,β-unsaturated/α-hetero) is 1. The fraction of sp³-hybridized carbons (Fsp3) is 0.200. The second-order valence-corrected chi connectivity index (χ2v) is 5.86. The van der Waals surface area contributed by atoms with Crippen molar-refractivity contribution in [3.05, 3.63) is 66.0 Å². The van der Waals surface area contributed by atoms with Gasteiger partial charge < -0.3 is 10.1 Å². The van der Waals surface area contributed by atoms with Crippen molar-refractivity contribution in [2.24, 2.45) is 0 Å². The average molecular weight is 365 g/mol. The van der Waals surface area contributed by atoms with E-state index in [0.717, 1.165) is 0 Å². The molecule has 0 saturated heterocycles. The Morgan fingerprint density at radius 2 is 1.89 bits per heavy atom. The molecule has 0 atom stereocenters. The highest BCUT2D eigenvalue weighted by molar-refractivity contribution is 6.01. The van der Waals surface area contributed by atoms with Gasteiger partial charge in [-0.3, -0.25) is 9.59 Å². The van der Waals surface area contributed by atoms with Crippen molar-refractivity contribution in [2.45, 2.75) is 19.8 Å². The minimum atomic E-state index is -0.468. The van der Waals surface area contributed by atoms with Crippen LogP contribution in [0.1, 0.15) is 40.5 Å². The number of carbonyl (C=O) groups is 3. The minimum absolute atomic E-state index is 0.0723. The summed E-state index contributed by atoms with van der Waals surface area (Å²) in [6.07, 6.45) is 3.27. The molecular formula is C20H19N3O4. The van der Waals surface area contributed by atoms with Crippen molar-refractivity contribution in [1.29, 1.82) is 0 Å². The number of pyridine rings is 1. The second kappa shape index (κ2) is 8.27. The van der Waals surface area contributed by atoms with E-state index >= 15 is 0 Å². The van der Waals surface area contributed by atoms with E-state index in [1.54, 1.807) is 49.5 Å². The zero-order valence-electron chi connectivity index (χ0n) is 14.8. The van der Waals surface area contributed by atoms with Crippen molar-refractivity contribution >= 4 is 28.9 Å². The molecule has 0 aliphatic heterocycles. The van der Waals surface area contributed by atoms with Crippen LogP contribution in [0, 0.1) is 0 Å². The van der Waals surface area contributed by atoms with Crippen LogP contribution >= 0.6 is 0 Å². The van der Waals surface area contributed by atoms with Crippen molar-refractivity contribution in [3.63, 3.8) is 0 Å². The average Bonchev–Trinajstić information content (AvgIpc) is 3.10. The number of nitrogens with one attached hydrogen (secondary N) is 1. The SMILES string of the molecule is CCOC(=O)c1cnn2ccc(NC(=O)CCC(=O)c3ccccc3)cc12. The van der Waals surface area contributed by atoms with Gasteiger partial charge in [0, 0.05) is 30.3 Å². The number of ether oxygens (including phenoxy) is 1. The molecule has 2 heterocycles. The number of rotatable bonds is 7. The third kappa shape index (κ3) is 4.38. The number of aromatic nitrogens is 2. The highest BCUT2D eigenvalue weighted by Crippen LogP contribution is 2.17. The molecule has 7 heteroatoms. The van der Waals surface area contributed by atoms with Gasteiger partial charge >= 0.3 is 5.97 Å². The number of amides is 1. The molecule has 0 bridgehead atoms. The van der Waals surface area contributed by atoms with Crippen LogP contribution in [-0.2, 0) is 9.53 Å². The van der Waals surface area contributed by atoms with E-state index < -0.39 is 5.97 Å². The van der Waals surface area contributed by atoms with Gasteiger partial charge in [0.1, 0.15) is 5.56 Å². The van der Waals surface area contributed by atoms with Gasteiger partial charge in [-0.05, 0) is 19.1 Å². The molecule has 1 aromatic carbocycles. The van der Waals surface area contributed by atoms with Gasteiger partial charge in [-0.15, -0.1) is 0 Å². The number of hydrogen-bond acceptors (Lipinski definition) is 5. The lowest BCUT2D eigenvalue weighted by Gasteiger charge is -2.06. The summed E-state index contributed by atoms with van der Waals surface area (Å²) in [5.74, 6) is -0.827.